The van der Waals surface area contributed by atoms with E-state index in [9.17, 15) is 0 Å². The molecule has 0 amide bonds. The van der Waals surface area contributed by atoms with Crippen molar-refractivity contribution in [1.82, 2.24) is 0 Å². The quantitative estimate of drug-likeness (QED) is 0.337. The van der Waals surface area contributed by atoms with Crippen molar-refractivity contribution < 1.29 is 9.47 Å². The highest BCUT2D eigenvalue weighted by Crippen LogP contribution is 2.05. The zero-order chi connectivity index (χ0) is 10.6. The molecule has 0 radical (unpaired) electrons. The highest BCUT2D eigenvalue weighted by molar-refractivity contribution is 6.17. The van der Waals surface area contributed by atoms with E-state index in [2.05, 4.69) is 12.2 Å². The first kappa shape index (κ1) is 13.9. The zero-order valence-electron chi connectivity index (χ0n) is 9.17. The lowest BCUT2D eigenvalue weighted by Gasteiger charge is -2.15. The Bertz CT molecular complexity index is 131. The Labute approximate surface area is 92.2 Å². The third kappa shape index (κ3) is 8.54. The Balaban J connectivity index is 3.48. The number of alkyl halides is 1. The topological polar surface area (TPSA) is 18.5 Å². The molecular formula is C11H21ClO2. The molecule has 0 N–H and O–H groups in total. The molecule has 0 aromatic carbocycles. The highest BCUT2D eigenvalue weighted by Gasteiger charge is 2.05. The summed E-state index contributed by atoms with van der Waals surface area (Å²) >= 11 is 5.54. The molecule has 14 heavy (non-hydrogen) atoms. The lowest BCUT2D eigenvalue weighted by atomic mass is 10.2. The molecule has 0 bridgehead atoms. The van der Waals surface area contributed by atoms with Crippen molar-refractivity contribution in [2.45, 2.75) is 39.4 Å². The number of rotatable bonds is 9. The van der Waals surface area contributed by atoms with Crippen LogP contribution in [0.4, 0.5) is 0 Å². The third-order valence-electron chi connectivity index (χ3n) is 1.72. The van der Waals surface area contributed by atoms with Gasteiger partial charge in [-0.05, 0) is 26.7 Å². The number of hydrogen-bond donors (Lipinski definition) is 0. The van der Waals surface area contributed by atoms with Gasteiger partial charge in [0.15, 0.2) is 6.29 Å². The summed E-state index contributed by atoms with van der Waals surface area (Å²) in [6.45, 7) is 5.37. The SMILES string of the molecule is CCOC(CC/C=C/CCCl)OCC. The third-order valence-corrected chi connectivity index (χ3v) is 1.93. The van der Waals surface area contributed by atoms with E-state index in [4.69, 9.17) is 21.1 Å². The van der Waals surface area contributed by atoms with Crippen LogP contribution in [-0.2, 0) is 9.47 Å². The summed E-state index contributed by atoms with van der Waals surface area (Å²) in [5, 5.41) is 0. The van der Waals surface area contributed by atoms with Gasteiger partial charge in [0.25, 0.3) is 0 Å². The molecule has 0 aliphatic heterocycles. The van der Waals surface area contributed by atoms with E-state index < -0.39 is 0 Å². The van der Waals surface area contributed by atoms with Gasteiger partial charge in [0.05, 0.1) is 0 Å². The molecule has 0 aliphatic rings. The Kier molecular flexibility index (Phi) is 11.0. The summed E-state index contributed by atoms with van der Waals surface area (Å²) in [4.78, 5) is 0. The van der Waals surface area contributed by atoms with Crippen LogP contribution in [0, 0.1) is 0 Å². The number of ether oxygens (including phenoxy) is 2. The van der Waals surface area contributed by atoms with Crippen molar-refractivity contribution in [2.24, 2.45) is 0 Å². The van der Waals surface area contributed by atoms with Gasteiger partial charge in [-0.1, -0.05) is 12.2 Å². The molecule has 0 atom stereocenters. The highest BCUT2D eigenvalue weighted by atomic mass is 35.5. The summed E-state index contributed by atoms with van der Waals surface area (Å²) < 4.78 is 10.8. The van der Waals surface area contributed by atoms with Crippen molar-refractivity contribution in [1.29, 1.82) is 0 Å². The molecule has 0 aromatic heterocycles. The maximum absolute atomic E-state index is 5.54. The van der Waals surface area contributed by atoms with Crippen LogP contribution in [0.2, 0.25) is 0 Å². The number of hydrogen-bond acceptors (Lipinski definition) is 2. The minimum absolute atomic E-state index is 0.0503. The smallest absolute Gasteiger partial charge is 0.157 e. The predicted octanol–water partition coefficient (Wildman–Crippen LogP) is 3.35. The van der Waals surface area contributed by atoms with Crippen LogP contribution >= 0.6 is 11.6 Å². The van der Waals surface area contributed by atoms with Crippen molar-refractivity contribution in [3.63, 3.8) is 0 Å². The molecule has 0 aliphatic carbocycles. The monoisotopic (exact) mass is 220 g/mol. The van der Waals surface area contributed by atoms with E-state index >= 15 is 0 Å². The second-order valence-electron chi connectivity index (χ2n) is 2.87. The van der Waals surface area contributed by atoms with Crippen LogP contribution in [0.15, 0.2) is 12.2 Å². The van der Waals surface area contributed by atoms with E-state index in [-0.39, 0.29) is 6.29 Å². The Morgan fingerprint density at radius 3 is 2.14 bits per heavy atom. The fourth-order valence-corrected chi connectivity index (χ4v) is 1.24. The number of allylic oxidation sites excluding steroid dienone is 2. The van der Waals surface area contributed by atoms with Crippen molar-refractivity contribution >= 4 is 11.6 Å². The fraction of sp³-hybridized carbons (Fsp3) is 0.818. The van der Waals surface area contributed by atoms with Crippen molar-refractivity contribution in [2.75, 3.05) is 19.1 Å². The van der Waals surface area contributed by atoms with E-state index in [1.54, 1.807) is 0 Å². The Morgan fingerprint density at radius 1 is 1.07 bits per heavy atom. The molecule has 0 fully saturated rings. The van der Waals surface area contributed by atoms with Crippen molar-refractivity contribution in [3.8, 4) is 0 Å². The lowest BCUT2D eigenvalue weighted by Crippen LogP contribution is -2.16. The molecule has 3 heteroatoms. The lowest BCUT2D eigenvalue weighted by molar-refractivity contribution is -0.138. The fourth-order valence-electron chi connectivity index (χ4n) is 1.12. The molecule has 0 spiro atoms. The van der Waals surface area contributed by atoms with Gasteiger partial charge in [0.1, 0.15) is 0 Å². The first-order chi connectivity index (χ1) is 6.85. The van der Waals surface area contributed by atoms with Gasteiger partial charge in [-0.15, -0.1) is 11.6 Å². The molecular weight excluding hydrogens is 200 g/mol. The van der Waals surface area contributed by atoms with E-state index in [0.29, 0.717) is 19.1 Å². The van der Waals surface area contributed by atoms with E-state index in [0.717, 1.165) is 19.3 Å². The summed E-state index contributed by atoms with van der Waals surface area (Å²) in [6, 6.07) is 0. The van der Waals surface area contributed by atoms with Crippen LogP contribution < -0.4 is 0 Å². The summed E-state index contributed by atoms with van der Waals surface area (Å²) in [7, 11) is 0. The summed E-state index contributed by atoms with van der Waals surface area (Å²) in [5.41, 5.74) is 0. The molecule has 0 saturated carbocycles. The predicted molar refractivity (Wildman–Crippen MR) is 60.8 cm³/mol. The largest absolute Gasteiger partial charge is 0.353 e. The first-order valence-electron chi connectivity index (χ1n) is 5.29. The normalized spacial score (nSPS) is 11.7. The van der Waals surface area contributed by atoms with E-state index in [1.165, 1.54) is 0 Å². The second kappa shape index (κ2) is 11.0. The van der Waals surface area contributed by atoms with E-state index in [1.807, 2.05) is 13.8 Å². The minimum Gasteiger partial charge on any atom is -0.353 e. The standard InChI is InChI=1S/C11H21ClO2/c1-3-13-11(14-4-2)9-7-5-6-8-10-12/h5-6,11H,3-4,7-10H2,1-2H3/b6-5+. The first-order valence-corrected chi connectivity index (χ1v) is 5.82. The van der Waals surface area contributed by atoms with Gasteiger partial charge in [0, 0.05) is 25.5 Å². The number of halogens is 1. The summed E-state index contributed by atoms with van der Waals surface area (Å²) in [5.74, 6) is 0.691. The van der Waals surface area contributed by atoms with Crippen LogP contribution in [0.5, 0.6) is 0 Å². The molecule has 0 unspecified atom stereocenters. The molecule has 84 valence electrons. The van der Waals surface area contributed by atoms with Crippen LogP contribution in [0.1, 0.15) is 33.1 Å². The van der Waals surface area contributed by atoms with Crippen LogP contribution in [0.25, 0.3) is 0 Å². The average molecular weight is 221 g/mol. The minimum atomic E-state index is -0.0503. The van der Waals surface area contributed by atoms with Gasteiger partial charge < -0.3 is 9.47 Å². The van der Waals surface area contributed by atoms with Gasteiger partial charge in [-0.3, -0.25) is 0 Å². The molecule has 0 saturated heterocycles. The van der Waals surface area contributed by atoms with Crippen LogP contribution in [-0.4, -0.2) is 25.4 Å². The van der Waals surface area contributed by atoms with Crippen LogP contribution in [0.3, 0.4) is 0 Å². The average Bonchev–Trinajstić information content (AvgIpc) is 2.18. The molecule has 0 heterocycles. The van der Waals surface area contributed by atoms with Gasteiger partial charge in [-0.25, -0.2) is 0 Å². The molecule has 0 rings (SSSR count). The Hall–Kier alpha value is -0.0500. The maximum Gasteiger partial charge on any atom is 0.157 e. The second-order valence-corrected chi connectivity index (χ2v) is 3.24. The van der Waals surface area contributed by atoms with Crippen molar-refractivity contribution in [3.05, 3.63) is 12.2 Å². The molecule has 2 nitrogen and oxygen atoms in total. The van der Waals surface area contributed by atoms with Gasteiger partial charge in [0.2, 0.25) is 0 Å². The zero-order valence-corrected chi connectivity index (χ0v) is 9.93. The van der Waals surface area contributed by atoms with Gasteiger partial charge in [-0.2, -0.15) is 0 Å². The van der Waals surface area contributed by atoms with Gasteiger partial charge >= 0.3 is 0 Å². The Morgan fingerprint density at radius 2 is 1.64 bits per heavy atom. The summed E-state index contributed by atoms with van der Waals surface area (Å²) in [6.07, 6.45) is 7.03. The maximum atomic E-state index is 5.54. The molecule has 0 aromatic rings.